The van der Waals surface area contributed by atoms with E-state index in [1.807, 2.05) is 31.3 Å². The minimum atomic E-state index is -0.125. The number of fused-ring (bicyclic) bond motifs is 6. The van der Waals surface area contributed by atoms with Crippen molar-refractivity contribution in [3.63, 3.8) is 0 Å². The topological polar surface area (TPSA) is 63.1 Å². The Morgan fingerprint density at radius 1 is 1.04 bits per heavy atom. The zero-order valence-corrected chi connectivity index (χ0v) is 17.7. The molecule has 27 heavy (non-hydrogen) atoms. The van der Waals surface area contributed by atoms with Gasteiger partial charge in [-0.05, 0) is 26.2 Å². The maximum absolute atomic E-state index is 10.0. The van der Waals surface area contributed by atoms with Gasteiger partial charge in [0, 0.05) is 37.9 Å². The van der Waals surface area contributed by atoms with Crippen LogP contribution >= 0.6 is 0 Å². The number of aliphatic hydroxyl groups excluding tert-OH is 1. The summed E-state index contributed by atoms with van der Waals surface area (Å²) in [6.07, 6.45) is 2.98. The molecule has 3 aromatic carbocycles. The van der Waals surface area contributed by atoms with Crippen molar-refractivity contribution in [3.05, 3.63) is 72.3 Å². The minimum absolute atomic E-state index is 0. The van der Waals surface area contributed by atoms with Crippen molar-refractivity contribution >= 4 is 38.4 Å². The molecule has 0 atom stereocenters. The zero-order valence-electron chi connectivity index (χ0n) is 15.3. The van der Waals surface area contributed by atoms with Crippen LogP contribution in [0.2, 0.25) is 0 Å². The molecule has 139 valence electrons. The van der Waals surface area contributed by atoms with Crippen LogP contribution in [0.3, 0.4) is 0 Å². The van der Waals surface area contributed by atoms with Crippen LogP contribution in [0.25, 0.3) is 32.6 Å². The number of hydrogen-bond acceptors (Lipinski definition) is 4. The summed E-state index contributed by atoms with van der Waals surface area (Å²) in [6.45, 7) is 4.82. The van der Waals surface area contributed by atoms with Crippen LogP contribution in [0.1, 0.15) is 19.5 Å². The molecular formula is C22H19IrN2O2-. The third-order valence-corrected chi connectivity index (χ3v) is 3.87. The van der Waals surface area contributed by atoms with Gasteiger partial charge in [0.1, 0.15) is 0 Å². The zero-order chi connectivity index (χ0) is 18.7. The summed E-state index contributed by atoms with van der Waals surface area (Å²) in [4.78, 5) is 19.3. The maximum atomic E-state index is 10.0. The Labute approximate surface area is 171 Å². The Bertz CT molecular complexity index is 1110. The fourth-order valence-corrected chi connectivity index (χ4v) is 2.92. The predicted molar refractivity (Wildman–Crippen MR) is 105 cm³/mol. The number of nitrogens with zero attached hydrogens (tertiary/aromatic N) is 2. The number of aromatic nitrogens is 2. The fourth-order valence-electron chi connectivity index (χ4n) is 2.92. The molecule has 1 N–H and O–H groups in total. The van der Waals surface area contributed by atoms with Crippen LogP contribution in [0.15, 0.2) is 60.5 Å². The molecule has 0 bridgehead atoms. The van der Waals surface area contributed by atoms with Gasteiger partial charge in [0.2, 0.25) is 0 Å². The summed E-state index contributed by atoms with van der Waals surface area (Å²) < 4.78 is 0. The van der Waals surface area contributed by atoms with Crippen LogP contribution in [-0.4, -0.2) is 20.9 Å². The van der Waals surface area contributed by atoms with Crippen LogP contribution in [0, 0.1) is 13.0 Å². The first kappa shape index (κ1) is 20.7. The molecule has 1 heterocycles. The second-order valence-electron chi connectivity index (χ2n) is 6.11. The van der Waals surface area contributed by atoms with Crippen LogP contribution < -0.4 is 0 Å². The molecule has 1 aromatic heterocycles. The molecule has 4 nitrogen and oxygen atoms in total. The average Bonchev–Trinajstić information content (AvgIpc) is 2.61. The summed E-state index contributed by atoms with van der Waals surface area (Å²) >= 11 is 0. The summed E-state index contributed by atoms with van der Waals surface area (Å²) in [5.74, 6) is -0.0625. The smallest absolute Gasteiger partial charge is 0.155 e. The van der Waals surface area contributed by atoms with Crippen molar-refractivity contribution in [1.29, 1.82) is 0 Å². The van der Waals surface area contributed by atoms with Crippen molar-refractivity contribution in [1.82, 2.24) is 9.97 Å². The molecule has 0 aliphatic rings. The van der Waals surface area contributed by atoms with Gasteiger partial charge in [0.05, 0.1) is 17.0 Å². The number of benzene rings is 3. The number of rotatable bonds is 1. The largest absolute Gasteiger partial charge is 0.512 e. The molecule has 5 heteroatoms. The summed E-state index contributed by atoms with van der Waals surface area (Å²) in [7, 11) is 0. The number of aliphatic hydroxyl groups is 1. The van der Waals surface area contributed by atoms with E-state index in [1.54, 1.807) is 0 Å². The molecule has 0 amide bonds. The van der Waals surface area contributed by atoms with Gasteiger partial charge >= 0.3 is 0 Å². The Kier molecular flexibility index (Phi) is 6.78. The van der Waals surface area contributed by atoms with E-state index < -0.39 is 0 Å². The third kappa shape index (κ3) is 4.57. The molecule has 0 saturated heterocycles. The second-order valence-corrected chi connectivity index (χ2v) is 6.11. The number of carbonyl (C=O) groups is 1. The maximum Gasteiger partial charge on any atom is 0.155 e. The van der Waals surface area contributed by atoms with E-state index in [0.717, 1.165) is 27.5 Å². The number of hydrogen-bond donors (Lipinski definition) is 1. The number of allylic oxidation sites excluding steroid dienone is 2. The first-order valence-electron chi connectivity index (χ1n) is 8.29. The third-order valence-electron chi connectivity index (χ3n) is 3.87. The van der Waals surface area contributed by atoms with E-state index >= 15 is 0 Å². The van der Waals surface area contributed by atoms with Gasteiger partial charge in [-0.2, -0.15) is 0 Å². The number of carbonyl (C=O) groups excluding carboxylic acids is 1. The van der Waals surface area contributed by atoms with Gasteiger partial charge in [-0.1, -0.05) is 35.0 Å². The monoisotopic (exact) mass is 536 g/mol. The van der Waals surface area contributed by atoms with Gasteiger partial charge in [0.15, 0.2) is 5.78 Å². The minimum Gasteiger partial charge on any atom is -0.512 e. The van der Waals surface area contributed by atoms with Crippen LogP contribution in [0.4, 0.5) is 0 Å². The second kappa shape index (κ2) is 8.85. The standard InChI is InChI=1S/C17H11N2.C5H8O2.Ir/c1-11-10-18-16-14-8-4-2-6-12(14)13-7-3-5-9-15(13)17(16)19-11;1-4(6)3-5(2)7;/h2-7,9-10H,1H3;3,6H,1-2H3;/q-1;;. The Balaban J connectivity index is 0.000000285. The normalized spacial score (nSPS) is 11.0. The van der Waals surface area contributed by atoms with E-state index in [0.29, 0.717) is 0 Å². The predicted octanol–water partition coefficient (Wildman–Crippen LogP) is 5.08. The molecule has 0 aliphatic heterocycles. The van der Waals surface area contributed by atoms with Gasteiger partial charge in [-0.15, -0.1) is 29.7 Å². The number of aryl methyl sites for hydroxylation is 1. The van der Waals surface area contributed by atoms with Crippen LogP contribution in [-0.2, 0) is 24.9 Å². The molecule has 0 aliphatic carbocycles. The summed E-state index contributed by atoms with van der Waals surface area (Å²) in [5, 5.41) is 13.0. The summed E-state index contributed by atoms with van der Waals surface area (Å²) in [5.41, 5.74) is 2.83. The molecule has 0 spiro atoms. The molecule has 0 unspecified atom stereocenters. The number of ketones is 1. The van der Waals surface area contributed by atoms with Gasteiger partial charge in [-0.25, -0.2) is 0 Å². The van der Waals surface area contributed by atoms with Crippen molar-refractivity contribution in [3.8, 4) is 0 Å². The fraction of sp³-hybridized carbons (Fsp3) is 0.136. The van der Waals surface area contributed by atoms with Gasteiger partial charge < -0.3 is 10.1 Å². The van der Waals surface area contributed by atoms with E-state index in [2.05, 4.69) is 40.3 Å². The average molecular weight is 536 g/mol. The van der Waals surface area contributed by atoms with Crippen LogP contribution in [0.5, 0.6) is 0 Å². The molecule has 4 rings (SSSR count). The Morgan fingerprint density at radius 3 is 2.33 bits per heavy atom. The van der Waals surface area contributed by atoms with Crippen molar-refractivity contribution in [2.45, 2.75) is 20.8 Å². The Morgan fingerprint density at radius 2 is 1.70 bits per heavy atom. The quantitative estimate of drug-likeness (QED) is 0.160. The summed E-state index contributed by atoms with van der Waals surface area (Å²) in [6, 6.07) is 17.7. The van der Waals surface area contributed by atoms with Crippen molar-refractivity contribution in [2.75, 3.05) is 0 Å². The molecule has 0 saturated carbocycles. The van der Waals surface area contributed by atoms with Crippen molar-refractivity contribution in [2.24, 2.45) is 0 Å². The Hall–Kier alpha value is -2.62. The van der Waals surface area contributed by atoms with Gasteiger partial charge in [-0.3, -0.25) is 9.78 Å². The van der Waals surface area contributed by atoms with E-state index in [4.69, 9.17) is 5.11 Å². The van der Waals surface area contributed by atoms with E-state index in [1.165, 1.54) is 30.7 Å². The van der Waals surface area contributed by atoms with Gasteiger partial charge in [0.25, 0.3) is 0 Å². The molecule has 0 fully saturated rings. The van der Waals surface area contributed by atoms with E-state index in [9.17, 15) is 4.79 Å². The van der Waals surface area contributed by atoms with Crippen molar-refractivity contribution < 1.29 is 30.0 Å². The molecule has 4 aromatic rings. The van der Waals surface area contributed by atoms with E-state index in [-0.39, 0.29) is 31.6 Å². The molecule has 1 radical (unpaired) electrons. The molecular weight excluding hydrogens is 516 g/mol. The first-order chi connectivity index (χ1) is 12.5. The SMILES string of the molecule is CC(=O)C=C(C)O.Cc1cnc2c3[c-]cccc3c3ccccc3c2n1.[Ir]. The first-order valence-corrected chi connectivity index (χ1v) is 8.29.